The number of hydrogen-bond acceptors (Lipinski definition) is 5. The number of amides is 2. The molecule has 3 rings (SSSR count). The van der Waals surface area contributed by atoms with Crippen LogP contribution in [0.4, 0.5) is 4.79 Å². The number of nitrogens with one attached hydrogen (secondary N) is 1. The molecule has 1 atom stereocenters. The van der Waals surface area contributed by atoms with Gasteiger partial charge in [-0.15, -0.1) is 0 Å². The molecule has 0 aliphatic carbocycles. The maximum absolute atomic E-state index is 12.4. The molecule has 2 aromatic rings. The minimum Gasteiger partial charge on any atom is -0.376 e. The largest absolute Gasteiger partial charge is 0.376 e. The summed E-state index contributed by atoms with van der Waals surface area (Å²) in [5.74, 6) is 1.03. The summed E-state index contributed by atoms with van der Waals surface area (Å²) < 4.78 is 11.0. The van der Waals surface area contributed by atoms with Gasteiger partial charge in [-0.25, -0.2) is 4.79 Å². The fourth-order valence-corrected chi connectivity index (χ4v) is 3.02. The Morgan fingerprint density at radius 1 is 1.38 bits per heavy atom. The number of hydrogen-bond donors (Lipinski definition) is 1. The Balaban J connectivity index is 1.45. The van der Waals surface area contributed by atoms with Gasteiger partial charge in [-0.1, -0.05) is 42.4 Å². The molecular formula is C19H26N4O3. The molecule has 7 heteroatoms. The lowest BCUT2D eigenvalue weighted by molar-refractivity contribution is 0.00995. The molecule has 2 amide bonds. The van der Waals surface area contributed by atoms with Crippen LogP contribution in [0.2, 0.25) is 0 Å². The molecule has 26 heavy (non-hydrogen) atoms. The van der Waals surface area contributed by atoms with E-state index in [-0.39, 0.29) is 18.7 Å². The quantitative estimate of drug-likeness (QED) is 0.823. The van der Waals surface area contributed by atoms with Gasteiger partial charge in [0.25, 0.3) is 0 Å². The van der Waals surface area contributed by atoms with E-state index in [0.717, 1.165) is 38.0 Å². The molecule has 0 spiro atoms. The molecule has 140 valence electrons. The van der Waals surface area contributed by atoms with Crippen molar-refractivity contribution in [2.75, 3.05) is 19.7 Å². The van der Waals surface area contributed by atoms with Crippen LogP contribution in [0, 0.1) is 0 Å². The van der Waals surface area contributed by atoms with Crippen LogP contribution in [0.5, 0.6) is 0 Å². The number of ether oxygens (including phenoxy) is 1. The smallest absolute Gasteiger partial charge is 0.317 e. The van der Waals surface area contributed by atoms with Gasteiger partial charge in [0.15, 0.2) is 5.82 Å². The maximum atomic E-state index is 12.4. The SMILES string of the molecule is CCCOC1CCCN(C(=O)NCc2nc(Cc3ccccc3)no2)C1. The first-order valence-electron chi connectivity index (χ1n) is 9.24. The molecule has 1 N–H and O–H groups in total. The van der Waals surface area contributed by atoms with Crippen LogP contribution in [0.25, 0.3) is 0 Å². The van der Waals surface area contributed by atoms with Crippen molar-refractivity contribution < 1.29 is 14.1 Å². The Morgan fingerprint density at radius 3 is 3.04 bits per heavy atom. The molecule has 0 bridgehead atoms. The van der Waals surface area contributed by atoms with Crippen molar-refractivity contribution in [3.8, 4) is 0 Å². The second-order valence-corrected chi connectivity index (χ2v) is 6.51. The van der Waals surface area contributed by atoms with Crippen molar-refractivity contribution in [2.24, 2.45) is 0 Å². The van der Waals surface area contributed by atoms with Gasteiger partial charge < -0.3 is 19.5 Å². The molecule has 0 saturated carbocycles. The number of aromatic nitrogens is 2. The van der Waals surface area contributed by atoms with Crippen LogP contribution in [-0.4, -0.2) is 46.9 Å². The highest BCUT2D eigenvalue weighted by Gasteiger charge is 2.24. The molecule has 2 heterocycles. The third kappa shape index (κ3) is 5.29. The lowest BCUT2D eigenvalue weighted by atomic mass is 10.1. The van der Waals surface area contributed by atoms with Gasteiger partial charge in [0, 0.05) is 26.1 Å². The van der Waals surface area contributed by atoms with Gasteiger partial charge >= 0.3 is 6.03 Å². The van der Waals surface area contributed by atoms with E-state index in [1.807, 2.05) is 30.3 Å². The van der Waals surface area contributed by atoms with Crippen molar-refractivity contribution in [3.63, 3.8) is 0 Å². The van der Waals surface area contributed by atoms with Crippen molar-refractivity contribution in [3.05, 3.63) is 47.6 Å². The van der Waals surface area contributed by atoms with E-state index in [4.69, 9.17) is 9.26 Å². The number of carbonyl (C=O) groups is 1. The first kappa shape index (κ1) is 18.4. The summed E-state index contributed by atoms with van der Waals surface area (Å²) in [4.78, 5) is 18.5. The third-order valence-corrected chi connectivity index (χ3v) is 4.33. The minimum atomic E-state index is -0.113. The second kappa shape index (κ2) is 9.33. The average molecular weight is 358 g/mol. The normalized spacial score (nSPS) is 17.3. The van der Waals surface area contributed by atoms with Crippen LogP contribution in [0.15, 0.2) is 34.9 Å². The van der Waals surface area contributed by atoms with Crippen LogP contribution in [0.1, 0.15) is 43.5 Å². The van der Waals surface area contributed by atoms with E-state index in [1.54, 1.807) is 4.90 Å². The standard InChI is InChI=1S/C19H26N4O3/c1-2-11-25-16-9-6-10-23(14-16)19(24)20-13-18-21-17(22-26-18)12-15-7-4-3-5-8-15/h3-5,7-8,16H,2,6,9-14H2,1H3,(H,20,24). The molecule has 1 aliphatic rings. The van der Waals surface area contributed by atoms with Crippen molar-refractivity contribution >= 4 is 6.03 Å². The first-order valence-corrected chi connectivity index (χ1v) is 9.24. The number of carbonyl (C=O) groups excluding carboxylic acids is 1. The number of piperidine rings is 1. The summed E-state index contributed by atoms with van der Waals surface area (Å²) in [7, 11) is 0. The summed E-state index contributed by atoms with van der Waals surface area (Å²) in [5, 5.41) is 6.83. The summed E-state index contributed by atoms with van der Waals surface area (Å²) >= 11 is 0. The third-order valence-electron chi connectivity index (χ3n) is 4.33. The molecule has 0 radical (unpaired) electrons. The Morgan fingerprint density at radius 2 is 2.23 bits per heavy atom. The predicted octanol–water partition coefficient (Wildman–Crippen LogP) is 2.76. The molecule has 1 aliphatic heterocycles. The highest BCUT2D eigenvalue weighted by Crippen LogP contribution is 2.14. The van der Waals surface area contributed by atoms with E-state index in [0.29, 0.717) is 24.7 Å². The molecule has 1 aromatic heterocycles. The van der Waals surface area contributed by atoms with E-state index >= 15 is 0 Å². The molecular weight excluding hydrogens is 332 g/mol. The van der Waals surface area contributed by atoms with Gasteiger partial charge in [-0.2, -0.15) is 4.98 Å². The van der Waals surface area contributed by atoms with E-state index < -0.39 is 0 Å². The number of nitrogens with zero attached hydrogens (tertiary/aromatic N) is 3. The summed E-state index contributed by atoms with van der Waals surface area (Å²) in [5.41, 5.74) is 1.12. The lowest BCUT2D eigenvalue weighted by Crippen LogP contribution is -2.47. The second-order valence-electron chi connectivity index (χ2n) is 6.51. The Bertz CT molecular complexity index is 689. The number of likely N-dealkylation sites (tertiary alicyclic amines) is 1. The van der Waals surface area contributed by atoms with Crippen LogP contribution in [0.3, 0.4) is 0 Å². The van der Waals surface area contributed by atoms with E-state index in [9.17, 15) is 4.79 Å². The van der Waals surface area contributed by atoms with Crippen LogP contribution < -0.4 is 5.32 Å². The van der Waals surface area contributed by atoms with Crippen molar-refractivity contribution in [2.45, 2.75) is 45.3 Å². The predicted molar refractivity (Wildman–Crippen MR) is 96.6 cm³/mol. The monoisotopic (exact) mass is 358 g/mol. The number of urea groups is 1. The van der Waals surface area contributed by atoms with Gasteiger partial charge in [-0.05, 0) is 24.8 Å². The molecule has 1 fully saturated rings. The Labute approximate surface area is 153 Å². The highest BCUT2D eigenvalue weighted by atomic mass is 16.5. The topological polar surface area (TPSA) is 80.5 Å². The zero-order chi connectivity index (χ0) is 18.2. The summed E-state index contributed by atoms with van der Waals surface area (Å²) in [6, 6.07) is 9.85. The van der Waals surface area contributed by atoms with Crippen molar-refractivity contribution in [1.29, 1.82) is 0 Å². The molecule has 1 aromatic carbocycles. The first-order chi connectivity index (χ1) is 12.7. The lowest BCUT2D eigenvalue weighted by Gasteiger charge is -2.32. The van der Waals surface area contributed by atoms with Gasteiger partial charge in [0.2, 0.25) is 5.89 Å². The maximum Gasteiger partial charge on any atom is 0.317 e. The molecule has 1 saturated heterocycles. The zero-order valence-electron chi connectivity index (χ0n) is 15.2. The van der Waals surface area contributed by atoms with Gasteiger partial charge in [0.1, 0.15) is 0 Å². The van der Waals surface area contributed by atoms with Gasteiger partial charge in [-0.3, -0.25) is 0 Å². The number of benzene rings is 1. The van der Waals surface area contributed by atoms with Gasteiger partial charge in [0.05, 0.1) is 12.6 Å². The summed E-state index contributed by atoms with van der Waals surface area (Å²) in [6.45, 7) is 4.45. The fourth-order valence-electron chi connectivity index (χ4n) is 3.02. The Hall–Kier alpha value is -2.41. The van der Waals surface area contributed by atoms with Crippen LogP contribution >= 0.6 is 0 Å². The van der Waals surface area contributed by atoms with E-state index in [1.165, 1.54) is 0 Å². The molecule has 7 nitrogen and oxygen atoms in total. The molecule has 1 unspecified atom stereocenters. The summed E-state index contributed by atoms with van der Waals surface area (Å²) in [6.07, 6.45) is 3.71. The Kier molecular flexibility index (Phi) is 6.60. The van der Waals surface area contributed by atoms with E-state index in [2.05, 4.69) is 22.4 Å². The zero-order valence-corrected chi connectivity index (χ0v) is 15.2. The number of rotatable bonds is 7. The van der Waals surface area contributed by atoms with Crippen molar-refractivity contribution in [1.82, 2.24) is 20.4 Å². The average Bonchev–Trinajstić information content (AvgIpc) is 3.13. The highest BCUT2D eigenvalue weighted by molar-refractivity contribution is 5.74. The van der Waals surface area contributed by atoms with Crippen LogP contribution in [-0.2, 0) is 17.7 Å². The fraction of sp³-hybridized carbons (Fsp3) is 0.526. The minimum absolute atomic E-state index is 0.113.